The monoisotopic (exact) mass is 424 g/mol. The van der Waals surface area contributed by atoms with E-state index in [9.17, 15) is 13.6 Å². The van der Waals surface area contributed by atoms with Crippen molar-refractivity contribution >= 4 is 35.0 Å². The van der Waals surface area contributed by atoms with E-state index in [4.69, 9.17) is 11.6 Å². The van der Waals surface area contributed by atoms with Crippen LogP contribution in [0.5, 0.6) is 5.75 Å². The summed E-state index contributed by atoms with van der Waals surface area (Å²) in [6.07, 6.45) is 0. The van der Waals surface area contributed by atoms with Crippen molar-refractivity contribution in [3.8, 4) is 17.1 Å². The summed E-state index contributed by atoms with van der Waals surface area (Å²) in [5.74, 6) is 0.0923. The minimum absolute atomic E-state index is 0.0114. The van der Waals surface area contributed by atoms with Crippen molar-refractivity contribution < 1.29 is 18.3 Å². The predicted molar refractivity (Wildman–Crippen MR) is 104 cm³/mol. The van der Waals surface area contributed by atoms with Crippen molar-refractivity contribution in [3.05, 3.63) is 53.6 Å². The number of ether oxygens (including phenoxy) is 1. The zero-order chi connectivity index (χ0) is 20.1. The van der Waals surface area contributed by atoms with Gasteiger partial charge in [-0.1, -0.05) is 47.6 Å². The standard InChI is InChI=1S/C18H15ClF2N4O2S/c1-25-16(11-6-2-3-7-12(11)19)23-24-18(25)28-10-15(26)22-13-8-4-5-9-14(13)27-17(20)21/h2-9,17H,10H2,1H3,(H,22,26). The molecule has 146 valence electrons. The lowest BCUT2D eigenvalue weighted by Crippen LogP contribution is -2.16. The lowest BCUT2D eigenvalue weighted by atomic mass is 10.2. The number of hydrogen-bond acceptors (Lipinski definition) is 5. The minimum atomic E-state index is -2.98. The Hall–Kier alpha value is -2.65. The number of thioether (sulfide) groups is 1. The molecule has 1 N–H and O–H groups in total. The summed E-state index contributed by atoms with van der Waals surface area (Å²) in [7, 11) is 1.77. The van der Waals surface area contributed by atoms with Gasteiger partial charge in [0, 0.05) is 12.6 Å². The first-order chi connectivity index (χ1) is 13.5. The summed E-state index contributed by atoms with van der Waals surface area (Å²) in [5.41, 5.74) is 0.900. The second kappa shape index (κ2) is 9.03. The van der Waals surface area contributed by atoms with E-state index < -0.39 is 12.5 Å². The number of hydrogen-bond donors (Lipinski definition) is 1. The minimum Gasteiger partial charge on any atom is -0.433 e. The first kappa shape index (κ1) is 20.1. The van der Waals surface area contributed by atoms with Crippen LogP contribution in [0.2, 0.25) is 5.02 Å². The van der Waals surface area contributed by atoms with Crippen LogP contribution in [0.3, 0.4) is 0 Å². The molecule has 28 heavy (non-hydrogen) atoms. The van der Waals surface area contributed by atoms with Crippen molar-refractivity contribution in [2.24, 2.45) is 7.05 Å². The SMILES string of the molecule is Cn1c(SCC(=O)Nc2ccccc2OC(F)F)nnc1-c1ccccc1Cl. The van der Waals surface area contributed by atoms with Crippen molar-refractivity contribution in [2.75, 3.05) is 11.1 Å². The highest BCUT2D eigenvalue weighted by atomic mass is 35.5. The van der Waals surface area contributed by atoms with Gasteiger partial charge in [0.2, 0.25) is 5.91 Å². The first-order valence-corrected chi connectivity index (χ1v) is 9.43. The zero-order valence-corrected chi connectivity index (χ0v) is 16.2. The van der Waals surface area contributed by atoms with Crippen LogP contribution in [-0.4, -0.2) is 33.0 Å². The van der Waals surface area contributed by atoms with Gasteiger partial charge >= 0.3 is 6.61 Å². The van der Waals surface area contributed by atoms with Crippen LogP contribution in [0, 0.1) is 0 Å². The molecule has 0 aliphatic rings. The van der Waals surface area contributed by atoms with Crippen LogP contribution in [0.4, 0.5) is 14.5 Å². The average molecular weight is 425 g/mol. The van der Waals surface area contributed by atoms with Gasteiger partial charge in [-0.15, -0.1) is 10.2 Å². The Morgan fingerprint density at radius 3 is 2.68 bits per heavy atom. The van der Waals surface area contributed by atoms with E-state index in [1.54, 1.807) is 23.7 Å². The Kier molecular flexibility index (Phi) is 6.48. The highest BCUT2D eigenvalue weighted by Crippen LogP contribution is 2.29. The molecule has 10 heteroatoms. The number of benzene rings is 2. The van der Waals surface area contributed by atoms with Gasteiger partial charge in [0.25, 0.3) is 0 Å². The van der Waals surface area contributed by atoms with Crippen LogP contribution < -0.4 is 10.1 Å². The summed E-state index contributed by atoms with van der Waals surface area (Å²) >= 11 is 7.35. The van der Waals surface area contributed by atoms with E-state index in [2.05, 4.69) is 20.3 Å². The van der Waals surface area contributed by atoms with E-state index in [0.717, 1.165) is 17.3 Å². The van der Waals surface area contributed by atoms with Crippen LogP contribution >= 0.6 is 23.4 Å². The molecule has 1 aromatic heterocycles. The van der Waals surface area contributed by atoms with Crippen molar-refractivity contribution in [1.82, 2.24) is 14.8 Å². The molecule has 0 radical (unpaired) electrons. The predicted octanol–water partition coefficient (Wildman–Crippen LogP) is 4.47. The Morgan fingerprint density at radius 2 is 1.93 bits per heavy atom. The van der Waals surface area contributed by atoms with Gasteiger partial charge in [0.15, 0.2) is 11.0 Å². The molecule has 2 aromatic carbocycles. The number of carbonyl (C=O) groups excluding carboxylic acids is 1. The molecule has 0 aliphatic heterocycles. The molecule has 0 saturated heterocycles. The fourth-order valence-electron chi connectivity index (χ4n) is 2.40. The average Bonchev–Trinajstić information content (AvgIpc) is 3.02. The molecular formula is C18H15ClF2N4O2S. The fourth-order valence-corrected chi connectivity index (χ4v) is 3.33. The Labute approximate surface area is 168 Å². The number of para-hydroxylation sites is 2. The normalized spacial score (nSPS) is 10.9. The molecule has 3 rings (SSSR count). The lowest BCUT2D eigenvalue weighted by molar-refractivity contribution is -0.113. The highest BCUT2D eigenvalue weighted by molar-refractivity contribution is 7.99. The number of halogens is 3. The molecule has 0 bridgehead atoms. The third-order valence-electron chi connectivity index (χ3n) is 3.66. The van der Waals surface area contributed by atoms with Gasteiger partial charge in [-0.05, 0) is 24.3 Å². The Morgan fingerprint density at radius 1 is 1.21 bits per heavy atom. The second-order valence-electron chi connectivity index (χ2n) is 5.56. The number of rotatable bonds is 7. The van der Waals surface area contributed by atoms with E-state index in [1.807, 2.05) is 18.2 Å². The highest BCUT2D eigenvalue weighted by Gasteiger charge is 2.16. The third-order valence-corrected chi connectivity index (χ3v) is 5.01. The van der Waals surface area contributed by atoms with Crippen LogP contribution in [0.25, 0.3) is 11.4 Å². The van der Waals surface area contributed by atoms with E-state index in [-0.39, 0.29) is 17.2 Å². The lowest BCUT2D eigenvalue weighted by Gasteiger charge is -2.11. The summed E-state index contributed by atoms with van der Waals surface area (Å²) in [6.45, 7) is -2.98. The number of carbonyl (C=O) groups is 1. The van der Waals surface area contributed by atoms with E-state index in [1.165, 1.54) is 18.2 Å². The zero-order valence-electron chi connectivity index (χ0n) is 14.6. The summed E-state index contributed by atoms with van der Waals surface area (Å²) in [4.78, 5) is 12.2. The third kappa shape index (κ3) is 4.79. The van der Waals surface area contributed by atoms with E-state index >= 15 is 0 Å². The molecule has 0 unspecified atom stereocenters. The molecule has 0 atom stereocenters. The largest absolute Gasteiger partial charge is 0.433 e. The quantitative estimate of drug-likeness (QED) is 0.567. The number of nitrogens with zero attached hydrogens (tertiary/aromatic N) is 3. The summed E-state index contributed by atoms with van der Waals surface area (Å²) in [5, 5.41) is 11.8. The van der Waals surface area contributed by atoms with Crippen molar-refractivity contribution in [3.63, 3.8) is 0 Å². The van der Waals surface area contributed by atoms with Crippen LogP contribution in [0.15, 0.2) is 53.7 Å². The number of aromatic nitrogens is 3. The van der Waals surface area contributed by atoms with Gasteiger partial charge in [-0.2, -0.15) is 8.78 Å². The molecule has 0 spiro atoms. The number of anilines is 1. The smallest absolute Gasteiger partial charge is 0.387 e. The van der Waals surface area contributed by atoms with Gasteiger partial charge < -0.3 is 14.6 Å². The molecule has 0 fully saturated rings. The van der Waals surface area contributed by atoms with Gasteiger partial charge in [0.1, 0.15) is 5.75 Å². The molecule has 1 heterocycles. The van der Waals surface area contributed by atoms with Gasteiger partial charge in [-0.3, -0.25) is 4.79 Å². The number of amides is 1. The maximum atomic E-state index is 12.5. The molecule has 6 nitrogen and oxygen atoms in total. The molecular weight excluding hydrogens is 410 g/mol. The number of nitrogens with one attached hydrogen (secondary N) is 1. The van der Waals surface area contributed by atoms with Crippen molar-refractivity contribution in [2.45, 2.75) is 11.8 Å². The maximum absolute atomic E-state index is 12.5. The topological polar surface area (TPSA) is 69.0 Å². The van der Waals surface area contributed by atoms with Gasteiger partial charge in [0.05, 0.1) is 16.5 Å². The Balaban J connectivity index is 1.66. The molecule has 0 aliphatic carbocycles. The molecule has 1 amide bonds. The van der Waals surface area contributed by atoms with Crippen LogP contribution in [-0.2, 0) is 11.8 Å². The summed E-state index contributed by atoms with van der Waals surface area (Å²) < 4.78 is 31.0. The van der Waals surface area contributed by atoms with Crippen LogP contribution in [0.1, 0.15) is 0 Å². The first-order valence-electron chi connectivity index (χ1n) is 8.06. The van der Waals surface area contributed by atoms with Gasteiger partial charge in [-0.25, -0.2) is 0 Å². The molecule has 3 aromatic rings. The molecule has 0 saturated carbocycles. The number of alkyl halides is 2. The summed E-state index contributed by atoms with van der Waals surface area (Å²) in [6, 6.07) is 13.2. The Bertz CT molecular complexity index is 984. The second-order valence-corrected chi connectivity index (χ2v) is 6.91. The maximum Gasteiger partial charge on any atom is 0.387 e. The van der Waals surface area contributed by atoms with E-state index in [0.29, 0.717) is 16.0 Å². The van der Waals surface area contributed by atoms with Crippen molar-refractivity contribution in [1.29, 1.82) is 0 Å². The fraction of sp³-hybridized carbons (Fsp3) is 0.167.